The van der Waals surface area contributed by atoms with Crippen LogP contribution in [0.4, 0.5) is 0 Å². The molecule has 0 aliphatic rings. The molecule has 7 nitrogen and oxygen atoms in total. The Hall–Kier alpha value is -2.26. The van der Waals surface area contributed by atoms with E-state index in [0.29, 0.717) is 28.0 Å². The van der Waals surface area contributed by atoms with E-state index in [4.69, 9.17) is 0 Å². The fourth-order valence-electron chi connectivity index (χ4n) is 1.97. The van der Waals surface area contributed by atoms with E-state index in [0.717, 1.165) is 9.35 Å². The van der Waals surface area contributed by atoms with Gasteiger partial charge in [0, 0.05) is 0 Å². The molecule has 1 aromatic carbocycles. The lowest BCUT2D eigenvalue weighted by molar-refractivity contribution is 0.0601. The van der Waals surface area contributed by atoms with Gasteiger partial charge >= 0.3 is 5.97 Å². The first kappa shape index (κ1) is 15.6. The summed E-state index contributed by atoms with van der Waals surface area (Å²) in [4.78, 5) is 30.9. The molecule has 0 saturated heterocycles. The van der Waals surface area contributed by atoms with Crippen molar-refractivity contribution in [1.29, 1.82) is 0 Å². The zero-order valence-corrected chi connectivity index (χ0v) is 14.0. The van der Waals surface area contributed by atoms with Crippen LogP contribution in [0.3, 0.4) is 0 Å². The molecule has 0 saturated carbocycles. The summed E-state index contributed by atoms with van der Waals surface area (Å²) in [7, 11) is 1.31. The lowest BCUT2D eigenvalue weighted by atomic mass is 10.1. The van der Waals surface area contributed by atoms with Crippen molar-refractivity contribution in [2.24, 2.45) is 0 Å². The van der Waals surface area contributed by atoms with E-state index in [1.54, 1.807) is 18.2 Å². The van der Waals surface area contributed by atoms with Crippen molar-refractivity contribution in [3.63, 3.8) is 0 Å². The summed E-state index contributed by atoms with van der Waals surface area (Å²) in [5.41, 5.74) is 0.576. The molecule has 9 heteroatoms. The maximum atomic E-state index is 12.1. The molecule has 0 spiro atoms. The number of fused-ring (bicyclic) bond motifs is 1. The Morgan fingerprint density at radius 3 is 2.91 bits per heavy atom. The Labute approximate surface area is 139 Å². The Kier molecular flexibility index (Phi) is 4.39. The zero-order valence-electron chi connectivity index (χ0n) is 12.3. The second kappa shape index (κ2) is 6.47. The number of nitrogens with zero attached hydrogens (tertiary/aromatic N) is 3. The predicted octanol–water partition coefficient (Wildman–Crippen LogP) is 2.16. The van der Waals surface area contributed by atoms with Crippen molar-refractivity contribution in [1.82, 2.24) is 20.2 Å². The zero-order chi connectivity index (χ0) is 16.4. The Morgan fingerprint density at radius 2 is 2.22 bits per heavy atom. The van der Waals surface area contributed by atoms with Crippen molar-refractivity contribution < 1.29 is 9.53 Å². The van der Waals surface area contributed by atoms with Crippen molar-refractivity contribution in [2.45, 2.75) is 17.0 Å². The molecule has 0 aliphatic carbocycles. The van der Waals surface area contributed by atoms with Crippen LogP contribution in [-0.4, -0.2) is 33.2 Å². The lowest BCUT2D eigenvalue weighted by Gasteiger charge is -2.04. The Balaban J connectivity index is 1.91. The molecule has 1 N–H and O–H groups in total. The van der Waals surface area contributed by atoms with E-state index in [1.165, 1.54) is 30.2 Å². The summed E-state index contributed by atoms with van der Waals surface area (Å²) in [6.45, 7) is 1.88. The number of ether oxygens (including phenoxy) is 1. The van der Waals surface area contributed by atoms with Gasteiger partial charge in [-0.05, 0) is 25.1 Å². The van der Waals surface area contributed by atoms with Crippen LogP contribution < -0.4 is 5.56 Å². The number of aryl methyl sites for hydroxylation is 1. The number of rotatable bonds is 4. The van der Waals surface area contributed by atoms with E-state index in [9.17, 15) is 9.59 Å². The van der Waals surface area contributed by atoms with E-state index in [1.807, 2.05) is 6.92 Å². The first-order chi connectivity index (χ1) is 11.1. The standard InChI is InChI=1S/C14H12N4O3S2/c1-7-17-18-14(23-7)22-6-11-15-10-5-8(13(20)21-2)3-4-9(10)12(19)16-11/h3-5H,6H2,1-2H3,(H,15,16,19). The highest BCUT2D eigenvalue weighted by atomic mass is 32.2. The van der Waals surface area contributed by atoms with Crippen LogP contribution in [0, 0.1) is 6.92 Å². The lowest BCUT2D eigenvalue weighted by Crippen LogP contribution is -2.12. The molecule has 0 bridgehead atoms. The van der Waals surface area contributed by atoms with E-state index in [-0.39, 0.29) is 5.56 Å². The number of esters is 1. The van der Waals surface area contributed by atoms with Crippen LogP contribution in [0.15, 0.2) is 27.3 Å². The second-order valence-corrected chi connectivity index (χ2v) is 7.02. The van der Waals surface area contributed by atoms with Crippen LogP contribution in [0.2, 0.25) is 0 Å². The first-order valence-corrected chi connectivity index (χ1v) is 8.41. The number of H-pyrrole nitrogens is 1. The number of carbonyl (C=O) groups is 1. The van der Waals surface area contributed by atoms with E-state index < -0.39 is 5.97 Å². The summed E-state index contributed by atoms with van der Waals surface area (Å²) >= 11 is 2.93. The molecule has 0 amide bonds. The normalized spacial score (nSPS) is 10.9. The summed E-state index contributed by atoms with van der Waals surface area (Å²) in [6.07, 6.45) is 0. The maximum absolute atomic E-state index is 12.1. The smallest absolute Gasteiger partial charge is 0.337 e. The number of aromatic nitrogens is 4. The Morgan fingerprint density at radius 1 is 1.39 bits per heavy atom. The highest BCUT2D eigenvalue weighted by Crippen LogP contribution is 2.24. The van der Waals surface area contributed by atoms with Crippen molar-refractivity contribution >= 4 is 40.0 Å². The van der Waals surface area contributed by atoms with Crippen LogP contribution >= 0.6 is 23.1 Å². The number of hydrogen-bond acceptors (Lipinski definition) is 8. The van der Waals surface area contributed by atoms with Gasteiger partial charge in [-0.15, -0.1) is 10.2 Å². The molecular formula is C14H12N4O3S2. The minimum atomic E-state index is -0.464. The van der Waals surface area contributed by atoms with Crippen molar-refractivity contribution in [2.75, 3.05) is 7.11 Å². The number of benzene rings is 1. The third kappa shape index (κ3) is 3.40. The summed E-state index contributed by atoms with van der Waals surface area (Å²) in [5.74, 6) is 0.513. The van der Waals surface area contributed by atoms with Gasteiger partial charge in [0.1, 0.15) is 10.8 Å². The molecule has 23 heavy (non-hydrogen) atoms. The highest BCUT2D eigenvalue weighted by Gasteiger charge is 2.10. The summed E-state index contributed by atoms with van der Waals surface area (Å²) < 4.78 is 5.50. The molecule has 3 aromatic rings. The van der Waals surface area contributed by atoms with Gasteiger partial charge in [0.05, 0.1) is 29.3 Å². The Bertz CT molecular complexity index is 935. The number of aromatic amines is 1. The number of methoxy groups -OCH3 is 1. The molecule has 2 aromatic heterocycles. The van der Waals surface area contributed by atoms with Gasteiger partial charge in [-0.2, -0.15) is 0 Å². The summed E-state index contributed by atoms with van der Waals surface area (Å²) in [6, 6.07) is 4.67. The van der Waals surface area contributed by atoms with Crippen LogP contribution in [0.5, 0.6) is 0 Å². The third-order valence-electron chi connectivity index (χ3n) is 3.02. The minimum Gasteiger partial charge on any atom is -0.465 e. The molecule has 0 atom stereocenters. The van der Waals surface area contributed by atoms with Crippen LogP contribution in [0.1, 0.15) is 21.2 Å². The quantitative estimate of drug-likeness (QED) is 0.570. The largest absolute Gasteiger partial charge is 0.465 e. The van der Waals surface area contributed by atoms with Crippen molar-refractivity contribution in [3.8, 4) is 0 Å². The molecule has 2 heterocycles. The van der Waals surface area contributed by atoms with E-state index in [2.05, 4.69) is 24.9 Å². The third-order valence-corrected chi connectivity index (χ3v) is 5.00. The molecule has 0 unspecified atom stereocenters. The molecule has 3 rings (SSSR count). The second-order valence-electron chi connectivity index (χ2n) is 4.61. The molecule has 118 valence electrons. The highest BCUT2D eigenvalue weighted by molar-refractivity contribution is 8.00. The average Bonchev–Trinajstić information content (AvgIpc) is 2.97. The van der Waals surface area contributed by atoms with Gasteiger partial charge in [0.2, 0.25) is 0 Å². The number of nitrogens with one attached hydrogen (secondary N) is 1. The minimum absolute atomic E-state index is 0.240. The maximum Gasteiger partial charge on any atom is 0.337 e. The fourth-order valence-corrected chi connectivity index (χ4v) is 3.65. The van der Waals surface area contributed by atoms with Gasteiger partial charge in [-0.1, -0.05) is 23.1 Å². The SMILES string of the molecule is COC(=O)c1ccc2c(=O)[nH]c(CSc3nnc(C)s3)nc2c1. The molecule has 0 fully saturated rings. The number of carbonyl (C=O) groups excluding carboxylic acids is 1. The topological polar surface area (TPSA) is 97.8 Å². The van der Waals surface area contributed by atoms with Gasteiger partial charge in [0.15, 0.2) is 4.34 Å². The first-order valence-electron chi connectivity index (χ1n) is 6.61. The van der Waals surface area contributed by atoms with E-state index >= 15 is 0 Å². The van der Waals surface area contributed by atoms with Gasteiger partial charge in [-0.25, -0.2) is 9.78 Å². The summed E-state index contributed by atoms with van der Waals surface area (Å²) in [5, 5.41) is 9.27. The van der Waals surface area contributed by atoms with Crippen LogP contribution in [-0.2, 0) is 10.5 Å². The number of hydrogen-bond donors (Lipinski definition) is 1. The molecular weight excluding hydrogens is 336 g/mol. The number of thioether (sulfide) groups is 1. The monoisotopic (exact) mass is 348 g/mol. The fraction of sp³-hybridized carbons (Fsp3) is 0.214. The predicted molar refractivity (Wildman–Crippen MR) is 87.9 cm³/mol. The molecule has 0 radical (unpaired) electrons. The average molecular weight is 348 g/mol. The van der Waals surface area contributed by atoms with Gasteiger partial charge in [-0.3, -0.25) is 4.79 Å². The van der Waals surface area contributed by atoms with Gasteiger partial charge < -0.3 is 9.72 Å². The molecule has 0 aliphatic heterocycles. The van der Waals surface area contributed by atoms with Crippen LogP contribution in [0.25, 0.3) is 10.9 Å². The van der Waals surface area contributed by atoms with Gasteiger partial charge in [0.25, 0.3) is 5.56 Å². The van der Waals surface area contributed by atoms with Crippen molar-refractivity contribution in [3.05, 3.63) is 44.9 Å².